The maximum absolute atomic E-state index is 12.7. The molecule has 2 N–H and O–H groups in total. The zero-order valence-corrected chi connectivity index (χ0v) is 17.0. The number of aromatic nitrogens is 3. The summed E-state index contributed by atoms with van der Waals surface area (Å²) in [6.07, 6.45) is 1.59. The highest BCUT2D eigenvalue weighted by Crippen LogP contribution is 2.18. The topological polar surface area (TPSA) is 94.1 Å². The van der Waals surface area contributed by atoms with E-state index in [0.29, 0.717) is 29.7 Å². The van der Waals surface area contributed by atoms with Gasteiger partial charge in [0.1, 0.15) is 5.82 Å². The van der Waals surface area contributed by atoms with Crippen LogP contribution >= 0.6 is 11.8 Å². The Bertz CT molecular complexity index is 773. The van der Waals surface area contributed by atoms with Gasteiger partial charge in [-0.3, -0.25) is 9.59 Å². The first kappa shape index (κ1) is 21.0. The van der Waals surface area contributed by atoms with Crippen LogP contribution in [0.1, 0.15) is 36.7 Å². The molecule has 0 saturated heterocycles. The number of aryl methyl sites for hydroxylation is 2. The fourth-order valence-electron chi connectivity index (χ4n) is 2.62. The van der Waals surface area contributed by atoms with Crippen molar-refractivity contribution in [2.24, 2.45) is 12.8 Å². The Labute approximate surface area is 164 Å². The van der Waals surface area contributed by atoms with E-state index < -0.39 is 0 Å². The molecule has 2 aromatic rings. The Morgan fingerprint density at radius 3 is 2.56 bits per heavy atom. The predicted molar refractivity (Wildman–Crippen MR) is 106 cm³/mol. The van der Waals surface area contributed by atoms with Gasteiger partial charge in [-0.15, -0.1) is 10.2 Å². The van der Waals surface area contributed by atoms with Crippen molar-refractivity contribution < 1.29 is 9.59 Å². The Morgan fingerprint density at radius 2 is 1.93 bits per heavy atom. The lowest BCUT2D eigenvalue weighted by Crippen LogP contribution is -2.32. The molecular weight excluding hydrogens is 362 g/mol. The first-order valence-electron chi connectivity index (χ1n) is 9.03. The molecule has 0 bridgehead atoms. The number of hydrogen-bond donors (Lipinski definition) is 1. The molecule has 0 aliphatic heterocycles. The van der Waals surface area contributed by atoms with Gasteiger partial charge in [0.25, 0.3) is 0 Å². The average Bonchev–Trinajstić information content (AvgIpc) is 2.99. The van der Waals surface area contributed by atoms with E-state index in [-0.39, 0.29) is 18.2 Å². The van der Waals surface area contributed by atoms with Crippen molar-refractivity contribution in [2.45, 2.75) is 44.8 Å². The van der Waals surface area contributed by atoms with Crippen LogP contribution in [0.25, 0.3) is 0 Å². The summed E-state index contributed by atoms with van der Waals surface area (Å²) in [6, 6.07) is 8.25. The molecule has 2 amide bonds. The number of amides is 2. The Kier molecular flexibility index (Phi) is 7.84. The molecule has 0 atom stereocenters. The summed E-state index contributed by atoms with van der Waals surface area (Å²) in [7, 11) is 1.83. The molecule has 0 fully saturated rings. The monoisotopic (exact) mass is 389 g/mol. The van der Waals surface area contributed by atoms with Gasteiger partial charge in [-0.2, -0.15) is 0 Å². The number of primary amides is 1. The quantitative estimate of drug-likeness (QED) is 0.628. The van der Waals surface area contributed by atoms with Gasteiger partial charge in [0.2, 0.25) is 11.8 Å². The van der Waals surface area contributed by atoms with Crippen LogP contribution in [0.3, 0.4) is 0 Å². The van der Waals surface area contributed by atoms with Crippen molar-refractivity contribution >= 4 is 23.6 Å². The average molecular weight is 390 g/mol. The molecule has 8 heteroatoms. The maximum atomic E-state index is 12.7. The third-order valence-electron chi connectivity index (χ3n) is 4.19. The van der Waals surface area contributed by atoms with E-state index >= 15 is 0 Å². The number of nitrogens with two attached hydrogens (primary N) is 1. The SMILES string of the molecule is CCCN(Cc1ccc(C)cc1)C(=O)CSc1nnc(CCC(N)=O)n1C. The number of hydrogen-bond acceptors (Lipinski definition) is 5. The van der Waals surface area contributed by atoms with Crippen LogP contribution < -0.4 is 5.73 Å². The first-order chi connectivity index (χ1) is 12.9. The predicted octanol–water partition coefficient (Wildman–Crippen LogP) is 2.07. The van der Waals surface area contributed by atoms with E-state index in [1.165, 1.54) is 17.3 Å². The van der Waals surface area contributed by atoms with Gasteiger partial charge >= 0.3 is 0 Å². The van der Waals surface area contributed by atoms with Gasteiger partial charge in [-0.1, -0.05) is 48.5 Å². The lowest BCUT2D eigenvalue weighted by Gasteiger charge is -2.22. The molecule has 1 heterocycles. The minimum Gasteiger partial charge on any atom is -0.370 e. The maximum Gasteiger partial charge on any atom is 0.233 e. The summed E-state index contributed by atoms with van der Waals surface area (Å²) in [5.74, 6) is 0.694. The Hall–Kier alpha value is -2.35. The van der Waals surface area contributed by atoms with Crippen LogP contribution in [0.2, 0.25) is 0 Å². The van der Waals surface area contributed by atoms with Gasteiger partial charge < -0.3 is 15.2 Å². The van der Waals surface area contributed by atoms with Gasteiger partial charge in [-0.25, -0.2) is 0 Å². The zero-order chi connectivity index (χ0) is 19.8. The van der Waals surface area contributed by atoms with Crippen LogP contribution in [0.5, 0.6) is 0 Å². The van der Waals surface area contributed by atoms with Crippen LogP contribution in [-0.2, 0) is 29.6 Å². The summed E-state index contributed by atoms with van der Waals surface area (Å²) in [5, 5.41) is 8.86. The lowest BCUT2D eigenvalue weighted by atomic mass is 10.1. The molecule has 0 saturated carbocycles. The van der Waals surface area contributed by atoms with E-state index in [1.54, 1.807) is 0 Å². The van der Waals surface area contributed by atoms with Crippen molar-refractivity contribution in [1.82, 2.24) is 19.7 Å². The molecule has 1 aromatic heterocycles. The second-order valence-corrected chi connectivity index (χ2v) is 7.46. The van der Waals surface area contributed by atoms with Crippen molar-refractivity contribution in [3.8, 4) is 0 Å². The molecule has 0 unspecified atom stereocenters. The molecule has 146 valence electrons. The number of benzene rings is 1. The van der Waals surface area contributed by atoms with Gasteiger partial charge in [0.05, 0.1) is 5.75 Å². The van der Waals surface area contributed by atoms with Crippen molar-refractivity contribution in [3.63, 3.8) is 0 Å². The third-order valence-corrected chi connectivity index (χ3v) is 5.19. The van der Waals surface area contributed by atoms with Gasteiger partial charge in [0.15, 0.2) is 5.16 Å². The highest BCUT2D eigenvalue weighted by molar-refractivity contribution is 7.99. The van der Waals surface area contributed by atoms with Crippen LogP contribution in [-0.4, -0.2) is 43.8 Å². The van der Waals surface area contributed by atoms with Crippen LogP contribution in [0.15, 0.2) is 29.4 Å². The summed E-state index contributed by atoms with van der Waals surface area (Å²) >= 11 is 1.36. The molecule has 0 spiro atoms. The molecule has 27 heavy (non-hydrogen) atoms. The summed E-state index contributed by atoms with van der Waals surface area (Å²) in [5.41, 5.74) is 7.51. The number of carbonyl (C=O) groups is 2. The fraction of sp³-hybridized carbons (Fsp3) is 0.474. The summed E-state index contributed by atoms with van der Waals surface area (Å²) < 4.78 is 1.81. The molecule has 1 aromatic carbocycles. The van der Waals surface area contributed by atoms with Gasteiger partial charge in [-0.05, 0) is 18.9 Å². The number of thioether (sulfide) groups is 1. The fourth-order valence-corrected chi connectivity index (χ4v) is 3.45. The van der Waals surface area contributed by atoms with Crippen molar-refractivity contribution in [3.05, 3.63) is 41.2 Å². The van der Waals surface area contributed by atoms with Crippen LogP contribution in [0.4, 0.5) is 0 Å². The Balaban J connectivity index is 1.95. The number of nitrogens with zero attached hydrogens (tertiary/aromatic N) is 4. The highest BCUT2D eigenvalue weighted by atomic mass is 32.2. The minimum absolute atomic E-state index is 0.0733. The largest absolute Gasteiger partial charge is 0.370 e. The molecule has 2 rings (SSSR count). The van der Waals surface area contributed by atoms with Crippen molar-refractivity contribution in [1.29, 1.82) is 0 Å². The zero-order valence-electron chi connectivity index (χ0n) is 16.1. The van der Waals surface area contributed by atoms with Crippen LogP contribution in [0, 0.1) is 6.92 Å². The summed E-state index contributed by atoms with van der Waals surface area (Å²) in [6.45, 7) is 5.44. The van der Waals surface area contributed by atoms with E-state index in [0.717, 1.165) is 18.5 Å². The van der Waals surface area contributed by atoms with E-state index in [4.69, 9.17) is 5.73 Å². The summed E-state index contributed by atoms with van der Waals surface area (Å²) in [4.78, 5) is 25.5. The van der Waals surface area contributed by atoms with E-state index in [2.05, 4.69) is 41.4 Å². The molecule has 7 nitrogen and oxygen atoms in total. The Morgan fingerprint density at radius 1 is 1.22 bits per heavy atom. The lowest BCUT2D eigenvalue weighted by molar-refractivity contribution is -0.129. The smallest absolute Gasteiger partial charge is 0.233 e. The van der Waals surface area contributed by atoms with E-state index in [9.17, 15) is 9.59 Å². The minimum atomic E-state index is -0.367. The van der Waals surface area contributed by atoms with Gasteiger partial charge in [0, 0.05) is 33.0 Å². The first-order valence-corrected chi connectivity index (χ1v) is 10.0. The third kappa shape index (κ3) is 6.39. The second kappa shape index (κ2) is 10.1. The molecule has 0 aliphatic carbocycles. The van der Waals surface area contributed by atoms with E-state index in [1.807, 2.05) is 23.4 Å². The number of carbonyl (C=O) groups excluding carboxylic acids is 2. The molecular formula is C19H27N5O2S. The second-order valence-electron chi connectivity index (χ2n) is 6.51. The molecule has 0 radical (unpaired) electrons. The normalized spacial score (nSPS) is 10.8. The number of rotatable bonds is 10. The standard InChI is InChI=1S/C19H27N5O2S/c1-4-11-24(12-15-7-5-14(2)6-8-15)18(26)13-27-19-22-21-17(23(19)3)10-9-16(20)25/h5-8H,4,9-13H2,1-3H3,(H2,20,25). The molecule has 0 aliphatic rings. The van der Waals surface area contributed by atoms with Crippen molar-refractivity contribution in [2.75, 3.05) is 12.3 Å². The highest BCUT2D eigenvalue weighted by Gasteiger charge is 2.16.